The first kappa shape index (κ1) is 17.1. The Morgan fingerprint density at radius 3 is 2.68 bits per heavy atom. The Labute approximate surface area is 147 Å². The van der Waals surface area contributed by atoms with E-state index in [2.05, 4.69) is 10.5 Å². The lowest BCUT2D eigenvalue weighted by atomic mass is 9.76. The van der Waals surface area contributed by atoms with Crippen LogP contribution in [0, 0.1) is 5.41 Å². The van der Waals surface area contributed by atoms with Gasteiger partial charge < -0.3 is 4.74 Å². The van der Waals surface area contributed by atoms with Crippen LogP contribution < -0.4 is 10.2 Å². The summed E-state index contributed by atoms with van der Waals surface area (Å²) in [6, 6.07) is 13.7. The number of carbonyl (C=O) groups is 2. The summed E-state index contributed by atoms with van der Waals surface area (Å²) in [6.07, 6.45) is 1.59. The minimum Gasteiger partial charge on any atom is -0.484 e. The predicted molar refractivity (Wildman–Crippen MR) is 97.7 cm³/mol. The molecule has 2 aromatic carbocycles. The van der Waals surface area contributed by atoms with Crippen molar-refractivity contribution in [3.05, 3.63) is 42.5 Å². The normalized spacial score (nSPS) is 18.3. The summed E-state index contributed by atoms with van der Waals surface area (Å²) < 4.78 is 5.53. The average molecular weight is 338 g/mol. The van der Waals surface area contributed by atoms with Crippen LogP contribution in [0.1, 0.15) is 33.1 Å². The number of nitrogens with one attached hydrogen (secondary N) is 1. The van der Waals surface area contributed by atoms with Crippen LogP contribution in [0.3, 0.4) is 0 Å². The molecule has 0 bridgehead atoms. The van der Waals surface area contributed by atoms with Gasteiger partial charge in [0.2, 0.25) is 0 Å². The van der Waals surface area contributed by atoms with Crippen molar-refractivity contribution < 1.29 is 14.3 Å². The molecule has 1 amide bonds. The number of hydrazone groups is 1. The molecule has 0 atom stereocenters. The molecule has 5 nitrogen and oxygen atoms in total. The summed E-state index contributed by atoms with van der Waals surface area (Å²) in [5.74, 6) is 0.462. The van der Waals surface area contributed by atoms with Crippen LogP contribution >= 0.6 is 0 Å². The lowest BCUT2D eigenvalue weighted by molar-refractivity contribution is -0.123. The summed E-state index contributed by atoms with van der Waals surface area (Å²) in [7, 11) is 0. The molecule has 25 heavy (non-hydrogen) atoms. The number of carbonyl (C=O) groups excluding carboxylic acids is 2. The maximum absolute atomic E-state index is 11.9. The monoisotopic (exact) mass is 338 g/mol. The van der Waals surface area contributed by atoms with Crippen LogP contribution in [0.25, 0.3) is 10.8 Å². The summed E-state index contributed by atoms with van der Waals surface area (Å²) in [4.78, 5) is 23.7. The van der Waals surface area contributed by atoms with Gasteiger partial charge in [-0.1, -0.05) is 44.2 Å². The maximum atomic E-state index is 11.9. The molecule has 1 N–H and O–H groups in total. The van der Waals surface area contributed by atoms with Crippen molar-refractivity contribution in [3.8, 4) is 5.75 Å². The van der Waals surface area contributed by atoms with Crippen LogP contribution in [0.2, 0.25) is 0 Å². The first-order valence-corrected chi connectivity index (χ1v) is 8.39. The molecule has 0 saturated heterocycles. The minimum atomic E-state index is -0.337. The first-order valence-electron chi connectivity index (χ1n) is 8.39. The molecule has 1 saturated carbocycles. The average Bonchev–Trinajstić information content (AvgIpc) is 2.56. The molecule has 5 heteroatoms. The third-order valence-electron chi connectivity index (χ3n) is 4.19. The summed E-state index contributed by atoms with van der Waals surface area (Å²) in [6.45, 7) is 3.95. The van der Waals surface area contributed by atoms with E-state index in [0.717, 1.165) is 16.5 Å². The molecular weight excluding hydrogens is 316 g/mol. The standard InChI is InChI=1S/C20H22N2O3/c1-20(2)11-16(10-17(23)12-20)21-22-19(24)13-25-18-8-7-14-5-3-4-6-15(14)9-18/h3-9H,10-13H2,1-2H3,(H,22,24)/b21-16-. The number of amides is 1. The van der Waals surface area contributed by atoms with E-state index in [4.69, 9.17) is 4.74 Å². The minimum absolute atomic E-state index is 0.0967. The molecule has 0 spiro atoms. The van der Waals surface area contributed by atoms with Gasteiger partial charge in [-0.05, 0) is 34.7 Å². The third kappa shape index (κ3) is 4.66. The SMILES string of the molecule is CC1(C)CC(=O)C/C(=N/NC(=O)COc2ccc3ccccc3c2)C1. The topological polar surface area (TPSA) is 67.8 Å². The van der Waals surface area contributed by atoms with Crippen molar-refractivity contribution in [2.45, 2.75) is 33.1 Å². The molecule has 0 aromatic heterocycles. The molecule has 1 aliphatic carbocycles. The predicted octanol–water partition coefficient (Wildman–Crippen LogP) is 3.47. The van der Waals surface area contributed by atoms with E-state index < -0.39 is 0 Å². The van der Waals surface area contributed by atoms with Gasteiger partial charge in [0, 0.05) is 18.6 Å². The molecule has 0 unspecified atom stereocenters. The summed E-state index contributed by atoms with van der Waals surface area (Å²) in [5.41, 5.74) is 3.12. The molecule has 1 aliphatic rings. The van der Waals surface area contributed by atoms with Crippen molar-refractivity contribution in [1.82, 2.24) is 5.43 Å². The molecule has 130 valence electrons. The zero-order valence-corrected chi connectivity index (χ0v) is 14.5. The van der Waals surface area contributed by atoms with Crippen molar-refractivity contribution in [2.75, 3.05) is 6.61 Å². The number of Topliss-reactive ketones (excluding diaryl/α,β-unsaturated/α-hetero) is 1. The largest absolute Gasteiger partial charge is 0.484 e. The van der Waals surface area contributed by atoms with E-state index in [9.17, 15) is 9.59 Å². The van der Waals surface area contributed by atoms with Gasteiger partial charge in [0.05, 0.1) is 0 Å². The fourth-order valence-electron chi connectivity index (χ4n) is 3.16. The molecule has 2 aromatic rings. The van der Waals surface area contributed by atoms with Crippen LogP contribution in [-0.4, -0.2) is 24.0 Å². The van der Waals surface area contributed by atoms with Crippen molar-refractivity contribution in [2.24, 2.45) is 10.5 Å². The number of fused-ring (bicyclic) bond motifs is 1. The number of hydrogen-bond donors (Lipinski definition) is 1. The highest BCUT2D eigenvalue weighted by Gasteiger charge is 2.30. The summed E-state index contributed by atoms with van der Waals surface area (Å²) >= 11 is 0. The molecule has 0 radical (unpaired) electrons. The Kier molecular flexibility index (Phi) is 4.83. The second kappa shape index (κ2) is 7.05. The van der Waals surface area contributed by atoms with Gasteiger partial charge in [-0.25, -0.2) is 5.43 Å². The fourth-order valence-corrected chi connectivity index (χ4v) is 3.16. The van der Waals surface area contributed by atoms with E-state index in [1.165, 1.54) is 0 Å². The highest BCUT2D eigenvalue weighted by Crippen LogP contribution is 2.31. The number of nitrogens with zero attached hydrogens (tertiary/aromatic N) is 1. The Hall–Kier alpha value is -2.69. The van der Waals surface area contributed by atoms with Crippen LogP contribution in [0.15, 0.2) is 47.6 Å². The number of ketones is 1. The number of benzene rings is 2. The molecule has 3 rings (SSSR count). The lowest BCUT2D eigenvalue weighted by Gasteiger charge is -2.28. The quantitative estimate of drug-likeness (QED) is 0.868. The van der Waals surface area contributed by atoms with Gasteiger partial charge in [-0.2, -0.15) is 5.10 Å². The Balaban J connectivity index is 1.55. The highest BCUT2D eigenvalue weighted by molar-refractivity contribution is 6.05. The lowest BCUT2D eigenvalue weighted by Crippen LogP contribution is -2.32. The zero-order valence-electron chi connectivity index (χ0n) is 14.5. The van der Waals surface area contributed by atoms with Crippen molar-refractivity contribution in [1.29, 1.82) is 0 Å². The third-order valence-corrected chi connectivity index (χ3v) is 4.19. The Morgan fingerprint density at radius 2 is 1.92 bits per heavy atom. The van der Waals surface area contributed by atoms with Gasteiger partial charge >= 0.3 is 0 Å². The van der Waals surface area contributed by atoms with Crippen molar-refractivity contribution >= 4 is 28.2 Å². The Morgan fingerprint density at radius 1 is 1.16 bits per heavy atom. The van der Waals surface area contributed by atoms with E-state index in [1.807, 2.05) is 56.3 Å². The highest BCUT2D eigenvalue weighted by atomic mass is 16.5. The van der Waals surface area contributed by atoms with E-state index >= 15 is 0 Å². The molecule has 0 aliphatic heterocycles. The second-order valence-electron chi connectivity index (χ2n) is 7.24. The van der Waals surface area contributed by atoms with Gasteiger partial charge in [-0.15, -0.1) is 0 Å². The van der Waals surface area contributed by atoms with Gasteiger partial charge in [0.15, 0.2) is 6.61 Å². The number of rotatable bonds is 4. The van der Waals surface area contributed by atoms with E-state index in [-0.39, 0.29) is 23.7 Å². The van der Waals surface area contributed by atoms with Crippen LogP contribution in [0.4, 0.5) is 0 Å². The van der Waals surface area contributed by atoms with Crippen LogP contribution in [-0.2, 0) is 9.59 Å². The number of ether oxygens (including phenoxy) is 1. The molecule has 1 fully saturated rings. The van der Waals surface area contributed by atoms with Gasteiger partial charge in [0.25, 0.3) is 5.91 Å². The van der Waals surface area contributed by atoms with Crippen LogP contribution in [0.5, 0.6) is 5.75 Å². The van der Waals surface area contributed by atoms with E-state index in [1.54, 1.807) is 0 Å². The van der Waals surface area contributed by atoms with Gasteiger partial charge in [0.1, 0.15) is 11.5 Å². The Bertz CT molecular complexity index is 840. The maximum Gasteiger partial charge on any atom is 0.277 e. The van der Waals surface area contributed by atoms with E-state index in [0.29, 0.717) is 25.0 Å². The second-order valence-corrected chi connectivity index (χ2v) is 7.24. The fraction of sp³-hybridized carbons (Fsp3) is 0.350. The zero-order chi connectivity index (χ0) is 17.9. The summed E-state index contributed by atoms with van der Waals surface area (Å²) in [5, 5.41) is 6.29. The van der Waals surface area contributed by atoms with Crippen molar-refractivity contribution in [3.63, 3.8) is 0 Å². The smallest absolute Gasteiger partial charge is 0.277 e. The molecule has 0 heterocycles. The first-order chi connectivity index (χ1) is 11.9. The van der Waals surface area contributed by atoms with Gasteiger partial charge in [-0.3, -0.25) is 9.59 Å². The molecular formula is C20H22N2O3. The number of hydrogen-bond acceptors (Lipinski definition) is 4.